The maximum atomic E-state index is 12.5. The van der Waals surface area contributed by atoms with E-state index in [0.29, 0.717) is 22.9 Å². The Hall–Kier alpha value is -2.96. The van der Waals surface area contributed by atoms with Crippen LogP contribution in [-0.2, 0) is 6.54 Å². The van der Waals surface area contributed by atoms with Crippen LogP contribution in [0.2, 0.25) is 0 Å². The van der Waals surface area contributed by atoms with Crippen LogP contribution in [0.25, 0.3) is 10.9 Å². The molecule has 7 nitrogen and oxygen atoms in total. The van der Waals surface area contributed by atoms with Crippen molar-refractivity contribution in [2.24, 2.45) is 0 Å². The molecule has 0 aliphatic rings. The van der Waals surface area contributed by atoms with Crippen molar-refractivity contribution in [2.45, 2.75) is 20.4 Å². The third-order valence-corrected chi connectivity index (χ3v) is 3.35. The summed E-state index contributed by atoms with van der Waals surface area (Å²) < 4.78 is 6.77. The Labute approximate surface area is 124 Å². The number of rotatable bonds is 3. The summed E-state index contributed by atoms with van der Waals surface area (Å²) in [7, 11) is 0. The first-order chi connectivity index (χ1) is 10.5. The van der Waals surface area contributed by atoms with Gasteiger partial charge in [0.05, 0.1) is 28.4 Å². The van der Waals surface area contributed by atoms with Crippen LogP contribution in [0.15, 0.2) is 33.7 Å². The van der Waals surface area contributed by atoms with Gasteiger partial charge in [-0.1, -0.05) is 0 Å². The Morgan fingerprint density at radius 2 is 2.18 bits per heavy atom. The van der Waals surface area contributed by atoms with Crippen LogP contribution in [0.1, 0.15) is 27.7 Å². The molecule has 0 aromatic carbocycles. The zero-order valence-corrected chi connectivity index (χ0v) is 12.0. The average Bonchev–Trinajstić information content (AvgIpc) is 2.86. The van der Waals surface area contributed by atoms with Gasteiger partial charge in [0.1, 0.15) is 12.3 Å². The normalized spacial score (nSPS) is 11.0. The predicted molar refractivity (Wildman–Crippen MR) is 78.0 cm³/mol. The molecule has 1 N–H and O–H groups in total. The standard InChI is InChI=1S/C15H13N3O4/c1-8-6-16-13(22-8)7-18-4-3-12-11(14(18)19)5-10(15(20)21)9(2)17-12/h3-6H,7H2,1-2H3,(H,20,21). The third-order valence-electron chi connectivity index (χ3n) is 3.35. The summed E-state index contributed by atoms with van der Waals surface area (Å²) >= 11 is 0. The number of carbonyl (C=O) groups is 1. The average molecular weight is 299 g/mol. The second kappa shape index (κ2) is 5.10. The number of aromatic nitrogens is 3. The van der Waals surface area contributed by atoms with Crippen molar-refractivity contribution in [3.05, 3.63) is 57.8 Å². The minimum Gasteiger partial charge on any atom is -0.478 e. The number of aryl methyl sites for hydroxylation is 2. The molecule has 0 atom stereocenters. The molecule has 0 bridgehead atoms. The van der Waals surface area contributed by atoms with Gasteiger partial charge in [-0.2, -0.15) is 0 Å². The van der Waals surface area contributed by atoms with E-state index in [1.807, 2.05) is 0 Å². The first kappa shape index (κ1) is 14.0. The van der Waals surface area contributed by atoms with Crippen LogP contribution in [0, 0.1) is 13.8 Å². The van der Waals surface area contributed by atoms with Gasteiger partial charge in [-0.15, -0.1) is 0 Å². The monoisotopic (exact) mass is 299 g/mol. The molecule has 22 heavy (non-hydrogen) atoms. The number of hydrogen-bond donors (Lipinski definition) is 1. The molecular weight excluding hydrogens is 286 g/mol. The van der Waals surface area contributed by atoms with Crippen LogP contribution >= 0.6 is 0 Å². The lowest BCUT2D eigenvalue weighted by atomic mass is 10.1. The molecule has 0 fully saturated rings. The molecule has 0 spiro atoms. The fourth-order valence-electron chi connectivity index (χ4n) is 2.27. The number of carboxylic acid groups (broad SMARTS) is 1. The van der Waals surface area contributed by atoms with Crippen LogP contribution in [0.5, 0.6) is 0 Å². The second-order valence-corrected chi connectivity index (χ2v) is 4.97. The van der Waals surface area contributed by atoms with Crippen molar-refractivity contribution in [2.75, 3.05) is 0 Å². The molecule has 7 heteroatoms. The topological polar surface area (TPSA) is 98.2 Å². The fraction of sp³-hybridized carbons (Fsp3) is 0.200. The van der Waals surface area contributed by atoms with Gasteiger partial charge in [-0.3, -0.25) is 9.78 Å². The molecule has 0 saturated heterocycles. The summed E-state index contributed by atoms with van der Waals surface area (Å²) in [5, 5.41) is 9.41. The Morgan fingerprint density at radius 3 is 2.82 bits per heavy atom. The number of hydrogen-bond acceptors (Lipinski definition) is 5. The number of fused-ring (bicyclic) bond motifs is 1. The zero-order chi connectivity index (χ0) is 15.9. The van der Waals surface area contributed by atoms with E-state index in [1.54, 1.807) is 32.3 Å². The molecule has 112 valence electrons. The van der Waals surface area contributed by atoms with Crippen LogP contribution < -0.4 is 5.56 Å². The highest BCUT2D eigenvalue weighted by atomic mass is 16.4. The molecule has 3 rings (SSSR count). The Morgan fingerprint density at radius 1 is 1.41 bits per heavy atom. The minimum absolute atomic E-state index is 0.0225. The van der Waals surface area contributed by atoms with Crippen molar-refractivity contribution in [3.63, 3.8) is 0 Å². The van der Waals surface area contributed by atoms with E-state index in [0.717, 1.165) is 0 Å². The Balaban J connectivity index is 2.14. The van der Waals surface area contributed by atoms with E-state index in [-0.39, 0.29) is 23.1 Å². The summed E-state index contributed by atoms with van der Waals surface area (Å²) in [5.41, 5.74) is 0.533. The minimum atomic E-state index is -1.11. The SMILES string of the molecule is Cc1cnc(Cn2ccc3nc(C)c(C(=O)O)cc3c2=O)o1. The number of aromatic carboxylic acids is 1. The smallest absolute Gasteiger partial charge is 0.337 e. The number of oxazole rings is 1. The first-order valence-electron chi connectivity index (χ1n) is 6.61. The lowest BCUT2D eigenvalue weighted by molar-refractivity contribution is 0.0696. The lowest BCUT2D eigenvalue weighted by Crippen LogP contribution is -2.21. The van der Waals surface area contributed by atoms with E-state index >= 15 is 0 Å². The van der Waals surface area contributed by atoms with Crippen LogP contribution in [0.3, 0.4) is 0 Å². The molecule has 3 aromatic rings. The molecule has 0 amide bonds. The predicted octanol–water partition coefficient (Wildman–Crippen LogP) is 1.75. The summed E-state index contributed by atoms with van der Waals surface area (Å²) in [4.78, 5) is 31.9. The fourth-order valence-corrected chi connectivity index (χ4v) is 2.27. The van der Waals surface area contributed by atoms with E-state index in [1.165, 1.54) is 10.6 Å². The van der Waals surface area contributed by atoms with E-state index < -0.39 is 5.97 Å². The van der Waals surface area contributed by atoms with Crippen molar-refractivity contribution >= 4 is 16.9 Å². The van der Waals surface area contributed by atoms with Crippen LogP contribution in [0.4, 0.5) is 0 Å². The van der Waals surface area contributed by atoms with Crippen LogP contribution in [-0.4, -0.2) is 25.6 Å². The van der Waals surface area contributed by atoms with E-state index in [4.69, 9.17) is 9.52 Å². The molecular formula is C15H13N3O4. The van der Waals surface area contributed by atoms with Gasteiger partial charge in [-0.25, -0.2) is 9.78 Å². The van der Waals surface area contributed by atoms with Gasteiger partial charge in [0.15, 0.2) is 0 Å². The van der Waals surface area contributed by atoms with Crippen molar-refractivity contribution in [1.82, 2.24) is 14.5 Å². The third kappa shape index (κ3) is 2.37. The molecule has 0 saturated carbocycles. The van der Waals surface area contributed by atoms with Crippen molar-refractivity contribution < 1.29 is 14.3 Å². The Kier molecular flexibility index (Phi) is 3.25. The van der Waals surface area contributed by atoms with E-state index in [2.05, 4.69) is 9.97 Å². The highest BCUT2D eigenvalue weighted by molar-refractivity contribution is 5.93. The Bertz CT molecular complexity index is 940. The largest absolute Gasteiger partial charge is 0.478 e. The first-order valence-corrected chi connectivity index (χ1v) is 6.61. The van der Waals surface area contributed by atoms with Gasteiger partial charge < -0.3 is 14.1 Å². The highest BCUT2D eigenvalue weighted by Gasteiger charge is 2.13. The zero-order valence-electron chi connectivity index (χ0n) is 12.0. The van der Waals surface area contributed by atoms with Gasteiger partial charge >= 0.3 is 5.97 Å². The summed E-state index contributed by atoms with van der Waals surface area (Å²) in [5.74, 6) is -0.0307. The lowest BCUT2D eigenvalue weighted by Gasteiger charge is -2.07. The van der Waals surface area contributed by atoms with Gasteiger partial charge in [0, 0.05) is 6.20 Å². The summed E-state index contributed by atoms with van der Waals surface area (Å²) in [6.07, 6.45) is 3.17. The summed E-state index contributed by atoms with van der Waals surface area (Å²) in [6, 6.07) is 3.03. The van der Waals surface area contributed by atoms with Crippen molar-refractivity contribution in [1.29, 1.82) is 0 Å². The quantitative estimate of drug-likeness (QED) is 0.791. The second-order valence-electron chi connectivity index (χ2n) is 4.97. The maximum absolute atomic E-state index is 12.5. The summed E-state index contributed by atoms with van der Waals surface area (Å²) in [6.45, 7) is 3.55. The number of nitrogens with zero attached hydrogens (tertiary/aromatic N) is 3. The van der Waals surface area contributed by atoms with Gasteiger partial charge in [0.25, 0.3) is 5.56 Å². The molecule has 3 aromatic heterocycles. The van der Waals surface area contributed by atoms with Gasteiger partial charge in [-0.05, 0) is 26.0 Å². The van der Waals surface area contributed by atoms with Crippen molar-refractivity contribution in [3.8, 4) is 0 Å². The molecule has 0 unspecified atom stereocenters. The highest BCUT2D eigenvalue weighted by Crippen LogP contribution is 2.14. The molecule has 0 aliphatic heterocycles. The number of carboxylic acids is 1. The maximum Gasteiger partial charge on any atom is 0.337 e. The molecule has 0 aliphatic carbocycles. The number of pyridine rings is 2. The molecule has 3 heterocycles. The van der Waals surface area contributed by atoms with E-state index in [9.17, 15) is 9.59 Å². The molecule has 0 radical (unpaired) electrons. The van der Waals surface area contributed by atoms with Gasteiger partial charge in [0.2, 0.25) is 5.89 Å².